The summed E-state index contributed by atoms with van der Waals surface area (Å²) in [6.07, 6.45) is 5.76. The first kappa shape index (κ1) is 34.0. The topological polar surface area (TPSA) is 159 Å². The van der Waals surface area contributed by atoms with Gasteiger partial charge in [0.05, 0.1) is 24.7 Å². The van der Waals surface area contributed by atoms with E-state index in [-0.39, 0.29) is 31.2 Å². The predicted molar refractivity (Wildman–Crippen MR) is 174 cm³/mol. The number of aromatic nitrogens is 1. The lowest BCUT2D eigenvalue weighted by Crippen LogP contribution is -2.59. The zero-order chi connectivity index (χ0) is 33.9. The Hall–Kier alpha value is -4.32. The van der Waals surface area contributed by atoms with Gasteiger partial charge >= 0.3 is 0 Å². The van der Waals surface area contributed by atoms with Crippen LogP contribution < -0.4 is 16.0 Å². The minimum atomic E-state index is -1.06. The predicted octanol–water partition coefficient (Wildman–Crippen LogP) is 2.57. The highest BCUT2D eigenvalue weighted by Gasteiger charge is 2.55. The van der Waals surface area contributed by atoms with Crippen molar-refractivity contribution in [3.05, 3.63) is 64.9 Å². The van der Waals surface area contributed by atoms with Crippen molar-refractivity contribution in [2.75, 3.05) is 13.6 Å². The van der Waals surface area contributed by atoms with Gasteiger partial charge in [0.25, 0.3) is 5.91 Å². The number of pyridine rings is 1. The fourth-order valence-corrected chi connectivity index (χ4v) is 6.32. The molecule has 0 bridgehead atoms. The summed E-state index contributed by atoms with van der Waals surface area (Å²) >= 11 is 6.23. The molecular formula is C34H41ClN6O6. The van der Waals surface area contributed by atoms with E-state index in [1.807, 2.05) is 26.8 Å². The third-order valence-electron chi connectivity index (χ3n) is 8.84. The number of ketones is 1. The van der Waals surface area contributed by atoms with Gasteiger partial charge in [-0.05, 0) is 41.5 Å². The van der Waals surface area contributed by atoms with Gasteiger partial charge in [-0.1, -0.05) is 68.6 Å². The van der Waals surface area contributed by atoms with Crippen molar-refractivity contribution in [1.29, 1.82) is 0 Å². The molecule has 2 fully saturated rings. The average molecular weight is 665 g/mol. The van der Waals surface area contributed by atoms with Gasteiger partial charge in [-0.2, -0.15) is 0 Å². The summed E-state index contributed by atoms with van der Waals surface area (Å²) in [4.78, 5) is 78.5. The molecule has 1 aromatic heterocycles. The molecule has 1 spiro atoms. The highest BCUT2D eigenvalue weighted by molar-refractivity contribution is 6.38. The van der Waals surface area contributed by atoms with Gasteiger partial charge in [-0.3, -0.25) is 29.0 Å². The van der Waals surface area contributed by atoms with Crippen molar-refractivity contribution in [2.24, 2.45) is 16.5 Å². The van der Waals surface area contributed by atoms with E-state index in [0.29, 0.717) is 29.1 Å². The molecule has 0 radical (unpaired) electrons. The minimum absolute atomic E-state index is 0.0131. The minimum Gasteiger partial charge on any atom is -0.387 e. The molecule has 0 unspecified atom stereocenters. The first-order valence-electron chi connectivity index (χ1n) is 15.8. The fourth-order valence-electron chi connectivity index (χ4n) is 6.13. The molecule has 3 aliphatic rings. The Labute approximate surface area is 279 Å². The van der Waals surface area contributed by atoms with E-state index >= 15 is 0 Å². The van der Waals surface area contributed by atoms with E-state index < -0.39 is 52.6 Å². The number of oxime groups is 1. The van der Waals surface area contributed by atoms with Crippen LogP contribution in [0.5, 0.6) is 0 Å². The number of nitrogens with zero attached hydrogens (tertiary/aromatic N) is 3. The summed E-state index contributed by atoms with van der Waals surface area (Å²) in [5, 5.41) is 12.9. The molecule has 250 valence electrons. The SMILES string of the molecule is CNC(=O)C(=O)[C@H](CC1CC1)NC(=O)[C@@H]1C[C@]2(CC(c3cccc(Cl)c3)=NO2)CN1C(=O)[C@@H](NC(=O)Cc1cccnc1)C(C)(C)C. The summed E-state index contributed by atoms with van der Waals surface area (Å²) < 4.78 is 0. The smallest absolute Gasteiger partial charge is 0.289 e. The largest absolute Gasteiger partial charge is 0.387 e. The van der Waals surface area contributed by atoms with Crippen molar-refractivity contribution in [1.82, 2.24) is 25.8 Å². The van der Waals surface area contributed by atoms with Crippen molar-refractivity contribution in [3.63, 3.8) is 0 Å². The number of Topliss-reactive ketones (excluding diaryl/α,β-unsaturated/α-hetero) is 1. The fraction of sp³-hybridized carbons (Fsp3) is 0.500. The highest BCUT2D eigenvalue weighted by Crippen LogP contribution is 2.40. The number of hydrogen-bond donors (Lipinski definition) is 3. The van der Waals surface area contributed by atoms with E-state index in [4.69, 9.17) is 16.4 Å². The van der Waals surface area contributed by atoms with Crippen LogP contribution in [0.15, 0.2) is 53.9 Å². The van der Waals surface area contributed by atoms with Gasteiger partial charge in [0.1, 0.15) is 12.1 Å². The first-order valence-corrected chi connectivity index (χ1v) is 16.2. The maximum absolute atomic E-state index is 14.5. The van der Waals surface area contributed by atoms with Gasteiger partial charge in [-0.25, -0.2) is 0 Å². The number of nitrogens with one attached hydrogen (secondary N) is 3. The van der Waals surface area contributed by atoms with Crippen LogP contribution in [0.1, 0.15) is 64.0 Å². The molecule has 2 aromatic rings. The maximum Gasteiger partial charge on any atom is 0.289 e. The number of carbonyl (C=O) groups excluding carboxylic acids is 5. The molecule has 4 atom stereocenters. The Balaban J connectivity index is 1.41. The van der Waals surface area contributed by atoms with Crippen LogP contribution in [0.2, 0.25) is 5.02 Å². The molecule has 1 aliphatic carbocycles. The zero-order valence-corrected chi connectivity index (χ0v) is 27.8. The number of amides is 4. The van der Waals surface area contributed by atoms with Crippen molar-refractivity contribution < 1.29 is 28.8 Å². The standard InChI is InChI=1S/C34H41ClN6O6/c1-33(2,3)29(39-27(42)14-21-7-6-12-37-18-21)32(46)41-19-34(16-25(40-47-34)22-8-5-9-23(35)15-22)17-26(41)30(44)38-24(13-20-10-11-20)28(43)31(45)36-4/h5-9,12,15,18,20,24,26,29H,10-11,13-14,16-17,19H2,1-4H3,(H,36,45)(H,38,44)(H,39,42)/t24-,26-,29+,34+/m0/s1. The number of carbonyl (C=O) groups is 5. The average Bonchev–Trinajstić information content (AvgIpc) is 3.64. The molecule has 5 rings (SSSR count). The molecule has 47 heavy (non-hydrogen) atoms. The van der Waals surface area contributed by atoms with Crippen molar-refractivity contribution in [2.45, 2.75) is 83.0 Å². The number of likely N-dealkylation sites (tertiary alicyclic amines) is 1. The van der Waals surface area contributed by atoms with E-state index in [1.165, 1.54) is 11.9 Å². The summed E-state index contributed by atoms with van der Waals surface area (Å²) in [6.45, 7) is 5.52. The van der Waals surface area contributed by atoms with Gasteiger partial charge in [0, 0.05) is 42.9 Å². The Morgan fingerprint density at radius 1 is 1.11 bits per heavy atom. The lowest BCUT2D eigenvalue weighted by atomic mass is 9.85. The normalized spacial score (nSPS) is 21.8. The monoisotopic (exact) mass is 664 g/mol. The second-order valence-corrected chi connectivity index (χ2v) is 14.2. The molecule has 13 heteroatoms. The third kappa shape index (κ3) is 8.16. The van der Waals surface area contributed by atoms with Crippen LogP contribution in [0, 0.1) is 11.3 Å². The lowest BCUT2D eigenvalue weighted by molar-refractivity contribution is -0.145. The summed E-state index contributed by atoms with van der Waals surface area (Å²) in [6, 6.07) is 7.59. The van der Waals surface area contributed by atoms with Crippen LogP contribution in [-0.2, 0) is 35.2 Å². The third-order valence-corrected chi connectivity index (χ3v) is 9.07. The molecule has 3 N–H and O–H groups in total. The van der Waals surface area contributed by atoms with Crippen LogP contribution in [-0.4, -0.2) is 82.3 Å². The molecule has 2 aliphatic heterocycles. The van der Waals surface area contributed by atoms with E-state index in [2.05, 4.69) is 26.1 Å². The number of halogens is 1. The van der Waals surface area contributed by atoms with Crippen molar-refractivity contribution in [3.8, 4) is 0 Å². The van der Waals surface area contributed by atoms with Crippen LogP contribution in [0.3, 0.4) is 0 Å². The number of benzene rings is 1. The van der Waals surface area contributed by atoms with E-state index in [1.54, 1.807) is 42.7 Å². The molecule has 4 amide bonds. The number of rotatable bonds is 11. The molecule has 1 saturated carbocycles. The molecular weight excluding hydrogens is 624 g/mol. The maximum atomic E-state index is 14.5. The Morgan fingerprint density at radius 3 is 2.51 bits per heavy atom. The molecule has 1 saturated heterocycles. The van der Waals surface area contributed by atoms with E-state index in [0.717, 1.165) is 18.4 Å². The molecule has 1 aromatic carbocycles. The highest BCUT2D eigenvalue weighted by atomic mass is 35.5. The number of hydrogen-bond acceptors (Lipinski definition) is 8. The summed E-state index contributed by atoms with van der Waals surface area (Å²) in [5.74, 6) is -2.72. The second kappa shape index (κ2) is 13.8. The summed E-state index contributed by atoms with van der Waals surface area (Å²) in [7, 11) is 1.36. The lowest BCUT2D eigenvalue weighted by Gasteiger charge is -2.35. The second-order valence-electron chi connectivity index (χ2n) is 13.8. The molecule has 3 heterocycles. The quantitative estimate of drug-likeness (QED) is 0.312. The van der Waals surface area contributed by atoms with Crippen LogP contribution in [0.4, 0.5) is 0 Å². The summed E-state index contributed by atoms with van der Waals surface area (Å²) in [5.41, 5.74) is 0.306. The Morgan fingerprint density at radius 2 is 1.87 bits per heavy atom. The van der Waals surface area contributed by atoms with Gasteiger partial charge in [0.2, 0.25) is 23.5 Å². The zero-order valence-electron chi connectivity index (χ0n) is 27.0. The Kier molecular flexibility index (Phi) is 10.00. The first-order chi connectivity index (χ1) is 22.3. The van der Waals surface area contributed by atoms with Gasteiger partial charge in [-0.15, -0.1) is 0 Å². The van der Waals surface area contributed by atoms with Crippen molar-refractivity contribution >= 4 is 46.7 Å². The molecule has 12 nitrogen and oxygen atoms in total. The van der Waals surface area contributed by atoms with Crippen LogP contribution >= 0.6 is 11.6 Å². The van der Waals surface area contributed by atoms with Gasteiger partial charge in [0.15, 0.2) is 5.60 Å². The van der Waals surface area contributed by atoms with Crippen LogP contribution in [0.25, 0.3) is 0 Å². The van der Waals surface area contributed by atoms with E-state index in [9.17, 15) is 24.0 Å². The Bertz CT molecular complexity index is 1570. The van der Waals surface area contributed by atoms with Gasteiger partial charge < -0.3 is 25.7 Å². The number of likely N-dealkylation sites (N-methyl/N-ethyl adjacent to an activating group) is 1.